The summed E-state index contributed by atoms with van der Waals surface area (Å²) in [6.45, 7) is 5.72. The lowest BCUT2D eigenvalue weighted by atomic mass is 9.99. The normalized spacial score (nSPS) is 19.7. The van der Waals surface area contributed by atoms with Crippen LogP contribution in [0.15, 0.2) is 48.6 Å². The van der Waals surface area contributed by atoms with Gasteiger partial charge in [-0.25, -0.2) is 0 Å². The average Bonchev–Trinajstić information content (AvgIpc) is 3.39. The Morgan fingerprint density at radius 2 is 0.959 bits per heavy atom. The van der Waals surface area contributed by atoms with E-state index in [2.05, 4.69) is 62.5 Å². The van der Waals surface area contributed by atoms with Crippen LogP contribution in [0.3, 0.4) is 0 Å². The second-order valence-corrected chi connectivity index (χ2v) is 21.1. The third-order valence-corrected chi connectivity index (χ3v) is 14.2. The van der Waals surface area contributed by atoms with E-state index >= 15 is 0 Å². The molecule has 1 amide bonds. The summed E-state index contributed by atoms with van der Waals surface area (Å²) in [6.07, 6.45) is 50.1. The van der Waals surface area contributed by atoms with Crippen LogP contribution >= 0.6 is 0 Å². The van der Waals surface area contributed by atoms with Gasteiger partial charge in [-0.3, -0.25) is 9.59 Å². The van der Waals surface area contributed by atoms with Gasteiger partial charge in [-0.05, 0) is 77.0 Å². The number of nitrogens with one attached hydrogen (secondary N) is 1. The Hall–Kier alpha value is -2.38. The number of allylic oxidation sites excluding steroid dienone is 7. The molecule has 1 heterocycles. The van der Waals surface area contributed by atoms with Gasteiger partial charge in [0, 0.05) is 6.42 Å². The molecule has 0 bridgehead atoms. The molecule has 0 aromatic heterocycles. The number of esters is 1. The van der Waals surface area contributed by atoms with Gasteiger partial charge in [0.1, 0.15) is 24.4 Å². The van der Waals surface area contributed by atoms with Gasteiger partial charge in [0.15, 0.2) is 12.4 Å². The molecular formula is C62H113NO10. The van der Waals surface area contributed by atoms with Gasteiger partial charge in [0.2, 0.25) is 5.91 Å². The van der Waals surface area contributed by atoms with E-state index in [0.29, 0.717) is 12.8 Å². The van der Waals surface area contributed by atoms with E-state index in [1.165, 1.54) is 148 Å². The number of rotatable bonds is 51. The highest BCUT2D eigenvalue weighted by atomic mass is 16.7. The molecule has 0 aromatic rings. The fourth-order valence-electron chi connectivity index (χ4n) is 9.31. The maximum Gasteiger partial charge on any atom is 0.306 e. The molecule has 73 heavy (non-hydrogen) atoms. The second kappa shape index (κ2) is 50.4. The monoisotopic (exact) mass is 1030 g/mol. The Kier molecular flexibility index (Phi) is 47.4. The predicted molar refractivity (Wildman–Crippen MR) is 301 cm³/mol. The van der Waals surface area contributed by atoms with Gasteiger partial charge < -0.3 is 45.1 Å². The van der Waals surface area contributed by atoms with E-state index in [1.54, 1.807) is 6.08 Å². The second-order valence-electron chi connectivity index (χ2n) is 21.1. The molecule has 0 radical (unpaired) electrons. The molecule has 6 N–H and O–H groups in total. The van der Waals surface area contributed by atoms with Crippen LogP contribution in [0, 0.1) is 0 Å². The largest absolute Gasteiger partial charge is 0.454 e. The number of hydrogen-bond acceptors (Lipinski definition) is 10. The van der Waals surface area contributed by atoms with Crippen LogP contribution in [0.2, 0.25) is 0 Å². The molecule has 1 saturated heterocycles. The Labute approximate surface area is 446 Å². The molecule has 11 nitrogen and oxygen atoms in total. The molecule has 8 atom stereocenters. The summed E-state index contributed by atoms with van der Waals surface area (Å²) >= 11 is 0. The van der Waals surface area contributed by atoms with Crippen molar-refractivity contribution in [3.8, 4) is 0 Å². The fourth-order valence-corrected chi connectivity index (χ4v) is 9.31. The van der Waals surface area contributed by atoms with Gasteiger partial charge in [-0.15, -0.1) is 0 Å². The SMILES string of the molecule is CCCC/C=C\CCCCCCC(O)C(=O)NC(COC1OC(CO)C(O)C(O)C1OC(=O)CCCCCCCCCCCCC/C=C\C/C=C\CCCCC)C(O)/C=C/CCCCCCCCCCCCC. The van der Waals surface area contributed by atoms with Crippen molar-refractivity contribution in [3.05, 3.63) is 48.6 Å². The van der Waals surface area contributed by atoms with E-state index in [-0.39, 0.29) is 19.4 Å². The van der Waals surface area contributed by atoms with E-state index in [1.807, 2.05) is 6.08 Å². The summed E-state index contributed by atoms with van der Waals surface area (Å²) in [5, 5.41) is 56.8. The summed E-state index contributed by atoms with van der Waals surface area (Å²) in [6, 6.07) is -1.03. The Bertz CT molecular complexity index is 1370. The number of unbranched alkanes of at least 4 members (excludes halogenated alkanes) is 31. The van der Waals surface area contributed by atoms with Crippen molar-refractivity contribution < 1.29 is 49.3 Å². The van der Waals surface area contributed by atoms with Crippen molar-refractivity contribution in [3.63, 3.8) is 0 Å². The summed E-state index contributed by atoms with van der Waals surface area (Å²) in [5.41, 5.74) is 0. The third kappa shape index (κ3) is 38.8. The highest BCUT2D eigenvalue weighted by molar-refractivity contribution is 5.80. The quantitative estimate of drug-likeness (QED) is 0.0195. The van der Waals surface area contributed by atoms with Crippen LogP contribution in [0.5, 0.6) is 0 Å². The minimum absolute atomic E-state index is 0.121. The number of hydrogen-bond donors (Lipinski definition) is 6. The average molecular weight is 1030 g/mol. The number of ether oxygens (including phenoxy) is 3. The molecule has 0 aromatic carbocycles. The maximum absolute atomic E-state index is 13.3. The van der Waals surface area contributed by atoms with Crippen molar-refractivity contribution in [2.45, 2.75) is 320 Å². The first-order valence-electron chi connectivity index (χ1n) is 30.4. The molecule has 1 aliphatic rings. The van der Waals surface area contributed by atoms with Gasteiger partial charge in [0.05, 0.1) is 25.4 Å². The third-order valence-electron chi connectivity index (χ3n) is 14.2. The molecule has 0 aliphatic carbocycles. The minimum Gasteiger partial charge on any atom is -0.454 e. The Morgan fingerprint density at radius 1 is 0.534 bits per heavy atom. The van der Waals surface area contributed by atoms with Crippen LogP contribution < -0.4 is 5.32 Å². The summed E-state index contributed by atoms with van der Waals surface area (Å²) < 4.78 is 17.6. The lowest BCUT2D eigenvalue weighted by molar-refractivity contribution is -0.305. The van der Waals surface area contributed by atoms with Crippen molar-refractivity contribution in [2.75, 3.05) is 13.2 Å². The molecule has 1 aliphatic heterocycles. The summed E-state index contributed by atoms with van der Waals surface area (Å²) in [5.74, 6) is -1.20. The highest BCUT2D eigenvalue weighted by Crippen LogP contribution is 2.26. The van der Waals surface area contributed by atoms with E-state index in [0.717, 1.165) is 77.0 Å². The van der Waals surface area contributed by atoms with Crippen LogP contribution in [-0.2, 0) is 23.8 Å². The zero-order valence-corrected chi connectivity index (χ0v) is 47.0. The zero-order valence-electron chi connectivity index (χ0n) is 47.0. The molecule has 8 unspecified atom stereocenters. The Morgan fingerprint density at radius 3 is 1.48 bits per heavy atom. The van der Waals surface area contributed by atoms with Crippen molar-refractivity contribution in [1.29, 1.82) is 0 Å². The standard InChI is InChI=1S/C62H113NO10/c1-4-7-10-13-16-19-22-24-25-26-27-28-29-30-31-33-35-38-41-44-47-50-57(67)73-60-59(69)58(68)56(51-64)72-62(60)71-52-53(54(65)48-45-42-39-37-34-32-23-20-17-14-11-8-5-2)63-61(70)55(66)49-46-43-40-36-21-18-15-12-9-6-3/h15-16,18-19,24-25,45,48,53-56,58-60,62,64-66,68-69H,4-14,17,20-23,26-44,46-47,49-52H2,1-3H3,(H,63,70)/b18-15-,19-16-,25-24-,48-45+. The van der Waals surface area contributed by atoms with Crippen molar-refractivity contribution in [2.24, 2.45) is 0 Å². The van der Waals surface area contributed by atoms with Crippen molar-refractivity contribution in [1.82, 2.24) is 5.32 Å². The van der Waals surface area contributed by atoms with E-state index in [4.69, 9.17) is 14.2 Å². The first-order chi connectivity index (χ1) is 35.7. The Balaban J connectivity index is 2.64. The zero-order chi connectivity index (χ0) is 53.3. The smallest absolute Gasteiger partial charge is 0.306 e. The molecule has 11 heteroatoms. The molecular weight excluding hydrogens is 919 g/mol. The number of amides is 1. The maximum atomic E-state index is 13.3. The van der Waals surface area contributed by atoms with Crippen molar-refractivity contribution >= 4 is 11.9 Å². The predicted octanol–water partition coefficient (Wildman–Crippen LogP) is 14.1. The lowest BCUT2D eigenvalue weighted by Crippen LogP contribution is -2.61. The molecule has 0 spiro atoms. The lowest BCUT2D eigenvalue weighted by Gasteiger charge is -2.41. The van der Waals surface area contributed by atoms with E-state index < -0.39 is 67.4 Å². The van der Waals surface area contributed by atoms with Crippen LogP contribution in [0.4, 0.5) is 0 Å². The summed E-state index contributed by atoms with van der Waals surface area (Å²) in [4.78, 5) is 26.5. The van der Waals surface area contributed by atoms with Crippen LogP contribution in [0.25, 0.3) is 0 Å². The van der Waals surface area contributed by atoms with E-state index in [9.17, 15) is 35.1 Å². The fraction of sp³-hybridized carbons (Fsp3) is 0.839. The van der Waals surface area contributed by atoms with Gasteiger partial charge in [-0.1, -0.05) is 236 Å². The topological polar surface area (TPSA) is 175 Å². The van der Waals surface area contributed by atoms with Gasteiger partial charge in [0.25, 0.3) is 0 Å². The molecule has 426 valence electrons. The van der Waals surface area contributed by atoms with Crippen LogP contribution in [-0.4, -0.2) is 99.6 Å². The molecule has 1 fully saturated rings. The minimum atomic E-state index is -1.61. The number of carbonyl (C=O) groups is 2. The molecule has 0 saturated carbocycles. The number of aliphatic hydroxyl groups excluding tert-OH is 5. The molecule has 1 rings (SSSR count). The summed E-state index contributed by atoms with van der Waals surface area (Å²) in [7, 11) is 0. The number of carbonyl (C=O) groups excluding carboxylic acids is 2. The first-order valence-corrected chi connectivity index (χ1v) is 30.4. The number of aliphatic hydroxyl groups is 5. The van der Waals surface area contributed by atoms with Gasteiger partial charge in [-0.2, -0.15) is 0 Å². The van der Waals surface area contributed by atoms with Gasteiger partial charge >= 0.3 is 5.97 Å². The van der Waals surface area contributed by atoms with Crippen LogP contribution in [0.1, 0.15) is 271 Å². The first kappa shape index (κ1) is 68.6. The highest BCUT2D eigenvalue weighted by Gasteiger charge is 2.47.